The highest BCUT2D eigenvalue weighted by molar-refractivity contribution is 5.86. The first kappa shape index (κ1) is 10.1. The molecule has 1 atom stereocenters. The van der Waals surface area contributed by atoms with Gasteiger partial charge in [0.25, 0.3) is 5.95 Å². The Morgan fingerprint density at radius 3 is 3.00 bits per heavy atom. The summed E-state index contributed by atoms with van der Waals surface area (Å²) in [4.78, 5) is 17.6. The smallest absolute Gasteiger partial charge is 0.265 e. The summed E-state index contributed by atoms with van der Waals surface area (Å²) in [5.41, 5.74) is 0. The first-order valence-electron chi connectivity index (χ1n) is 5.29. The number of carbonyl (C=O) groups excluding carboxylic acids is 1. The summed E-state index contributed by atoms with van der Waals surface area (Å²) in [6.07, 6.45) is 2.42. The van der Waals surface area contributed by atoms with E-state index in [1.165, 1.54) is 0 Å². The van der Waals surface area contributed by atoms with Gasteiger partial charge in [-0.15, -0.1) is 0 Å². The van der Waals surface area contributed by atoms with E-state index in [0.717, 1.165) is 19.4 Å². The molecule has 0 aliphatic heterocycles. The lowest BCUT2D eigenvalue weighted by molar-refractivity contribution is -0.119. The fourth-order valence-electron chi connectivity index (χ4n) is 1.74. The molecule has 0 aromatic carbocycles. The van der Waals surface area contributed by atoms with Gasteiger partial charge in [-0.3, -0.25) is 4.79 Å². The van der Waals surface area contributed by atoms with Crippen LogP contribution in [0.25, 0.3) is 0 Å². The van der Waals surface area contributed by atoms with Crippen LogP contribution in [0.15, 0.2) is 4.52 Å². The van der Waals surface area contributed by atoms with E-state index in [-0.39, 0.29) is 11.7 Å². The highest BCUT2D eigenvalue weighted by Gasteiger charge is 2.31. The first-order valence-corrected chi connectivity index (χ1v) is 5.29. The molecule has 0 N–H and O–H groups in total. The molecule has 1 aromatic heterocycles. The van der Waals surface area contributed by atoms with Crippen molar-refractivity contribution in [2.75, 3.05) is 18.5 Å². The molecule has 1 unspecified atom stereocenters. The van der Waals surface area contributed by atoms with Crippen LogP contribution in [0.3, 0.4) is 0 Å². The summed E-state index contributed by atoms with van der Waals surface area (Å²) in [5.74, 6) is 1.11. The van der Waals surface area contributed by atoms with Crippen molar-refractivity contribution in [1.29, 1.82) is 0 Å². The summed E-state index contributed by atoms with van der Waals surface area (Å²) in [6, 6.07) is 0. The molecule has 0 bridgehead atoms. The number of nitrogens with zero attached hydrogens (tertiary/aromatic N) is 3. The van der Waals surface area contributed by atoms with Gasteiger partial charge in [-0.05, 0) is 24.9 Å². The Kier molecular flexibility index (Phi) is 2.70. The van der Waals surface area contributed by atoms with E-state index in [4.69, 9.17) is 4.52 Å². The van der Waals surface area contributed by atoms with Crippen molar-refractivity contribution in [3.63, 3.8) is 0 Å². The summed E-state index contributed by atoms with van der Waals surface area (Å²) < 4.78 is 5.12. The zero-order chi connectivity index (χ0) is 10.8. The van der Waals surface area contributed by atoms with Crippen LogP contribution in [0.5, 0.6) is 0 Å². The topological polar surface area (TPSA) is 59.2 Å². The lowest BCUT2D eigenvalue weighted by Crippen LogP contribution is -2.17. The van der Waals surface area contributed by atoms with Crippen molar-refractivity contribution in [3.05, 3.63) is 5.89 Å². The van der Waals surface area contributed by atoms with Crippen molar-refractivity contribution >= 4 is 11.7 Å². The van der Waals surface area contributed by atoms with Gasteiger partial charge in [-0.25, -0.2) is 0 Å². The fraction of sp³-hybridized carbons (Fsp3) is 0.700. The van der Waals surface area contributed by atoms with Crippen LogP contribution in [0, 0.1) is 0 Å². The van der Waals surface area contributed by atoms with Crippen LogP contribution in [-0.2, 0) is 4.79 Å². The molecule has 1 saturated carbocycles. The Morgan fingerprint density at radius 1 is 1.60 bits per heavy atom. The molecular weight excluding hydrogens is 194 g/mol. The van der Waals surface area contributed by atoms with Crippen molar-refractivity contribution in [2.45, 2.75) is 32.1 Å². The predicted octanol–water partition coefficient (Wildman–Crippen LogP) is 1.36. The van der Waals surface area contributed by atoms with Gasteiger partial charge >= 0.3 is 0 Å². The lowest BCUT2D eigenvalue weighted by Gasteiger charge is -2.08. The van der Waals surface area contributed by atoms with Crippen LogP contribution in [-0.4, -0.2) is 29.5 Å². The quantitative estimate of drug-likeness (QED) is 0.752. The highest BCUT2D eigenvalue weighted by atomic mass is 16.5. The molecule has 1 fully saturated rings. The summed E-state index contributed by atoms with van der Waals surface area (Å²) >= 11 is 0. The molecule has 0 spiro atoms. The molecular formula is C10H15N3O2. The molecule has 1 aliphatic rings. The second-order valence-electron chi connectivity index (χ2n) is 3.86. The molecule has 1 aliphatic carbocycles. The number of anilines is 1. The third kappa shape index (κ3) is 1.86. The summed E-state index contributed by atoms with van der Waals surface area (Å²) in [5, 5.41) is 3.85. The van der Waals surface area contributed by atoms with Crippen LogP contribution >= 0.6 is 0 Å². The van der Waals surface area contributed by atoms with Gasteiger partial charge in [0.15, 0.2) is 0 Å². The number of hydrogen-bond donors (Lipinski definition) is 0. The van der Waals surface area contributed by atoms with E-state index < -0.39 is 0 Å². The van der Waals surface area contributed by atoms with Gasteiger partial charge in [0.2, 0.25) is 5.89 Å². The summed E-state index contributed by atoms with van der Waals surface area (Å²) in [6.45, 7) is 2.83. The number of rotatable bonds is 3. The molecule has 1 heterocycles. The number of aromatic nitrogens is 2. The van der Waals surface area contributed by atoms with Crippen LogP contribution in [0.4, 0.5) is 5.95 Å². The van der Waals surface area contributed by atoms with E-state index >= 15 is 0 Å². The highest BCUT2D eigenvalue weighted by Crippen LogP contribution is 2.30. The van der Waals surface area contributed by atoms with Crippen LogP contribution < -0.4 is 4.90 Å². The van der Waals surface area contributed by atoms with E-state index in [2.05, 4.69) is 10.1 Å². The number of hydrogen-bond acceptors (Lipinski definition) is 5. The monoisotopic (exact) mass is 209 g/mol. The third-order valence-corrected chi connectivity index (χ3v) is 2.85. The summed E-state index contributed by atoms with van der Waals surface area (Å²) in [7, 11) is 1.89. The Labute approximate surface area is 88.5 Å². The number of Topliss-reactive ketones (excluding diaryl/α,β-unsaturated/α-hetero) is 1. The molecule has 1 aromatic rings. The van der Waals surface area contributed by atoms with Crippen LogP contribution in [0.1, 0.15) is 38.0 Å². The second kappa shape index (κ2) is 4.00. The Balaban J connectivity index is 2.16. The van der Waals surface area contributed by atoms with E-state index in [1.807, 2.05) is 18.9 Å². The van der Waals surface area contributed by atoms with E-state index in [9.17, 15) is 4.79 Å². The normalized spacial score (nSPS) is 20.9. The lowest BCUT2D eigenvalue weighted by atomic mass is 10.1. The molecule has 2 rings (SSSR count). The average Bonchev–Trinajstić information content (AvgIpc) is 2.84. The van der Waals surface area contributed by atoms with Gasteiger partial charge < -0.3 is 9.42 Å². The van der Waals surface area contributed by atoms with Gasteiger partial charge in [0.05, 0.1) is 5.92 Å². The SMILES string of the molecule is CCN(C)c1noc(C2CCCC2=O)n1. The first-order chi connectivity index (χ1) is 7.22. The van der Waals surface area contributed by atoms with Crippen molar-refractivity contribution in [1.82, 2.24) is 10.1 Å². The number of carbonyl (C=O) groups is 1. The van der Waals surface area contributed by atoms with Gasteiger partial charge in [-0.1, -0.05) is 0 Å². The maximum absolute atomic E-state index is 11.5. The Hall–Kier alpha value is -1.39. The molecule has 15 heavy (non-hydrogen) atoms. The third-order valence-electron chi connectivity index (χ3n) is 2.85. The molecule has 0 radical (unpaired) electrons. The maximum Gasteiger partial charge on any atom is 0.265 e. The Morgan fingerprint density at radius 2 is 2.40 bits per heavy atom. The number of ketones is 1. The molecule has 5 heteroatoms. The zero-order valence-electron chi connectivity index (χ0n) is 9.06. The maximum atomic E-state index is 11.5. The minimum Gasteiger partial charge on any atom is -0.342 e. The molecule has 5 nitrogen and oxygen atoms in total. The van der Waals surface area contributed by atoms with Crippen molar-refractivity contribution < 1.29 is 9.32 Å². The zero-order valence-corrected chi connectivity index (χ0v) is 9.06. The minimum atomic E-state index is -0.156. The van der Waals surface area contributed by atoms with Crippen molar-refractivity contribution in [2.24, 2.45) is 0 Å². The standard InChI is InChI=1S/C10H15N3O2/c1-3-13(2)10-11-9(15-12-10)7-5-4-6-8(7)14/h7H,3-6H2,1-2H3. The second-order valence-corrected chi connectivity index (χ2v) is 3.86. The average molecular weight is 209 g/mol. The minimum absolute atomic E-state index is 0.156. The van der Waals surface area contributed by atoms with E-state index in [0.29, 0.717) is 18.3 Å². The van der Waals surface area contributed by atoms with Gasteiger partial charge in [0.1, 0.15) is 5.78 Å². The van der Waals surface area contributed by atoms with Crippen LogP contribution in [0.2, 0.25) is 0 Å². The van der Waals surface area contributed by atoms with Gasteiger partial charge in [0, 0.05) is 20.0 Å². The van der Waals surface area contributed by atoms with Gasteiger partial charge in [-0.2, -0.15) is 4.98 Å². The largest absolute Gasteiger partial charge is 0.342 e. The predicted molar refractivity (Wildman–Crippen MR) is 54.8 cm³/mol. The molecule has 0 amide bonds. The van der Waals surface area contributed by atoms with E-state index in [1.54, 1.807) is 0 Å². The van der Waals surface area contributed by atoms with Crippen molar-refractivity contribution in [3.8, 4) is 0 Å². The molecule has 0 saturated heterocycles. The fourth-order valence-corrected chi connectivity index (χ4v) is 1.74. The molecule has 82 valence electrons. The Bertz CT molecular complexity index is 361.